The van der Waals surface area contributed by atoms with Gasteiger partial charge in [-0.2, -0.15) is 0 Å². The van der Waals surface area contributed by atoms with Gasteiger partial charge in [0, 0.05) is 43.3 Å². The number of aromatic amines is 1. The van der Waals surface area contributed by atoms with Crippen LogP contribution in [0.1, 0.15) is 40.6 Å². The van der Waals surface area contributed by atoms with Crippen molar-refractivity contribution in [1.29, 1.82) is 0 Å². The van der Waals surface area contributed by atoms with Gasteiger partial charge in [-0.15, -0.1) is 0 Å². The number of carbonyl (C=O) groups is 1. The molecule has 1 saturated heterocycles. The number of nitrogens with one attached hydrogen (secondary N) is 1. The Bertz CT molecular complexity index is 1150. The molecule has 1 aromatic carbocycles. The maximum atomic E-state index is 12.7. The first kappa shape index (κ1) is 18.4. The third-order valence-corrected chi connectivity index (χ3v) is 5.10. The van der Waals surface area contributed by atoms with Crippen LogP contribution < -0.4 is 4.74 Å². The number of benzene rings is 1. The van der Waals surface area contributed by atoms with Crippen molar-refractivity contribution in [3.05, 3.63) is 72.1 Å². The summed E-state index contributed by atoms with van der Waals surface area (Å²) in [6, 6.07) is 10.5. The van der Waals surface area contributed by atoms with Crippen molar-refractivity contribution in [1.82, 2.24) is 24.9 Å². The first-order valence-corrected chi connectivity index (χ1v) is 9.80. The minimum absolute atomic E-state index is 0.207. The Kier molecular flexibility index (Phi) is 4.90. The number of aromatic nitrogens is 5. The monoisotopic (exact) mass is 401 g/mol. The summed E-state index contributed by atoms with van der Waals surface area (Å²) in [6.45, 7) is 1.43. The van der Waals surface area contributed by atoms with Crippen molar-refractivity contribution in [2.24, 2.45) is 0 Å². The molecule has 1 aliphatic rings. The molecule has 0 saturated carbocycles. The summed E-state index contributed by atoms with van der Waals surface area (Å²) in [6.07, 6.45) is 6.74. The normalized spacial score (nSPS) is 14.7. The molecule has 3 aromatic heterocycles. The molecule has 0 amide bonds. The molecule has 0 aliphatic carbocycles. The predicted octanol–water partition coefficient (Wildman–Crippen LogP) is 3.67. The molecule has 0 radical (unpaired) electrons. The molecule has 30 heavy (non-hydrogen) atoms. The Labute approximate surface area is 172 Å². The molecule has 5 rings (SSSR count). The van der Waals surface area contributed by atoms with Crippen molar-refractivity contribution in [3.63, 3.8) is 0 Å². The average Bonchev–Trinajstić information content (AvgIpc) is 3.24. The smallest absolute Gasteiger partial charge is 0.241 e. The number of imidazole rings is 1. The van der Waals surface area contributed by atoms with Crippen LogP contribution in [0.3, 0.4) is 0 Å². The number of fused-ring (bicyclic) bond motifs is 1. The highest BCUT2D eigenvalue weighted by Crippen LogP contribution is 2.32. The molecule has 150 valence electrons. The Morgan fingerprint density at radius 1 is 1.00 bits per heavy atom. The van der Waals surface area contributed by atoms with Crippen LogP contribution in [-0.2, 0) is 4.74 Å². The second kappa shape index (κ2) is 8.00. The lowest BCUT2D eigenvalue weighted by Gasteiger charge is -2.22. The zero-order chi connectivity index (χ0) is 20.3. The maximum Gasteiger partial charge on any atom is 0.241 e. The highest BCUT2D eigenvalue weighted by molar-refractivity contribution is 6.07. The Morgan fingerprint density at radius 3 is 2.60 bits per heavy atom. The average molecular weight is 401 g/mol. The Balaban J connectivity index is 1.35. The Morgan fingerprint density at radius 2 is 1.80 bits per heavy atom. The molecule has 0 bridgehead atoms. The second-order valence-corrected chi connectivity index (χ2v) is 7.05. The van der Waals surface area contributed by atoms with Crippen LogP contribution in [0.2, 0.25) is 0 Å². The first-order valence-electron chi connectivity index (χ1n) is 9.80. The first-order chi connectivity index (χ1) is 14.8. The summed E-state index contributed by atoms with van der Waals surface area (Å²) in [4.78, 5) is 33.0. The van der Waals surface area contributed by atoms with E-state index in [4.69, 9.17) is 9.47 Å². The fourth-order valence-corrected chi connectivity index (χ4v) is 3.54. The van der Waals surface area contributed by atoms with Gasteiger partial charge in [-0.1, -0.05) is 0 Å². The van der Waals surface area contributed by atoms with Crippen LogP contribution in [0.25, 0.3) is 11.2 Å². The van der Waals surface area contributed by atoms with E-state index in [0.717, 1.165) is 37.3 Å². The number of H-pyrrole nitrogens is 1. The molecule has 0 unspecified atom stereocenters. The molecule has 0 atom stereocenters. The lowest BCUT2D eigenvalue weighted by atomic mass is 9.96. The van der Waals surface area contributed by atoms with Gasteiger partial charge in [-0.05, 0) is 49.2 Å². The zero-order valence-electron chi connectivity index (χ0n) is 16.1. The largest absolute Gasteiger partial charge is 0.437 e. The Hall–Kier alpha value is -3.65. The molecular formula is C22H19N5O3. The molecular weight excluding hydrogens is 382 g/mol. The van der Waals surface area contributed by atoms with Crippen LogP contribution in [0.15, 0.2) is 55.0 Å². The highest BCUT2D eigenvalue weighted by Gasteiger charge is 2.22. The fraction of sp³-hybridized carbons (Fsp3) is 0.227. The van der Waals surface area contributed by atoms with E-state index < -0.39 is 0 Å². The predicted molar refractivity (Wildman–Crippen MR) is 109 cm³/mol. The molecule has 0 spiro atoms. The van der Waals surface area contributed by atoms with Crippen molar-refractivity contribution in [3.8, 4) is 11.6 Å². The standard InChI is InChI=1S/C22H19N5O3/c28-19(21-26-17-2-1-9-24-20(17)27-21)15-3-5-16(6-4-15)30-22-18(23-10-11-25-22)14-7-12-29-13-8-14/h1-6,9-11,14H,7-8,12-13H2,(H,24,26,27). The van der Waals surface area contributed by atoms with Gasteiger partial charge >= 0.3 is 0 Å². The summed E-state index contributed by atoms with van der Waals surface area (Å²) in [5.41, 5.74) is 2.59. The number of hydrogen-bond donors (Lipinski definition) is 1. The second-order valence-electron chi connectivity index (χ2n) is 7.05. The van der Waals surface area contributed by atoms with E-state index in [1.165, 1.54) is 0 Å². The quantitative estimate of drug-likeness (QED) is 0.509. The third-order valence-electron chi connectivity index (χ3n) is 5.10. The van der Waals surface area contributed by atoms with Crippen LogP contribution >= 0.6 is 0 Å². The highest BCUT2D eigenvalue weighted by atomic mass is 16.5. The minimum Gasteiger partial charge on any atom is -0.437 e. The third kappa shape index (κ3) is 3.65. The summed E-state index contributed by atoms with van der Waals surface area (Å²) >= 11 is 0. The van der Waals surface area contributed by atoms with Crippen LogP contribution in [0, 0.1) is 0 Å². The van der Waals surface area contributed by atoms with Crippen LogP contribution in [-0.4, -0.2) is 43.9 Å². The van der Waals surface area contributed by atoms with Gasteiger partial charge < -0.3 is 14.5 Å². The summed E-state index contributed by atoms with van der Waals surface area (Å²) in [7, 11) is 0. The molecule has 4 aromatic rings. The van der Waals surface area contributed by atoms with Gasteiger partial charge in [0.15, 0.2) is 11.5 Å². The SMILES string of the molecule is O=C(c1ccc(Oc2nccnc2C2CCOCC2)cc1)c1nc2ncccc2[nH]1. The minimum atomic E-state index is -0.207. The topological polar surface area (TPSA) is 103 Å². The van der Waals surface area contributed by atoms with E-state index in [9.17, 15) is 4.79 Å². The zero-order valence-corrected chi connectivity index (χ0v) is 16.1. The van der Waals surface area contributed by atoms with Crippen molar-refractivity contribution >= 4 is 16.9 Å². The number of nitrogens with zero attached hydrogens (tertiary/aromatic N) is 4. The van der Waals surface area contributed by atoms with Gasteiger partial charge in [0.2, 0.25) is 11.7 Å². The van der Waals surface area contributed by atoms with E-state index in [0.29, 0.717) is 22.8 Å². The van der Waals surface area contributed by atoms with Crippen LogP contribution in [0.4, 0.5) is 0 Å². The van der Waals surface area contributed by atoms with E-state index in [1.807, 2.05) is 6.07 Å². The maximum absolute atomic E-state index is 12.7. The fourth-order valence-electron chi connectivity index (χ4n) is 3.54. The van der Waals surface area contributed by atoms with Crippen molar-refractivity contribution in [2.45, 2.75) is 18.8 Å². The summed E-state index contributed by atoms with van der Waals surface area (Å²) in [5.74, 6) is 1.40. The van der Waals surface area contributed by atoms with Crippen molar-refractivity contribution < 1.29 is 14.3 Å². The number of ketones is 1. The number of rotatable bonds is 5. The number of carbonyl (C=O) groups excluding carboxylic acids is 1. The van der Waals surface area contributed by atoms with E-state index in [2.05, 4.69) is 24.9 Å². The molecule has 1 fully saturated rings. The molecule has 8 nitrogen and oxygen atoms in total. The summed E-state index contributed by atoms with van der Waals surface area (Å²) < 4.78 is 11.4. The number of hydrogen-bond acceptors (Lipinski definition) is 7. The van der Waals surface area contributed by atoms with Gasteiger partial charge in [0.1, 0.15) is 11.4 Å². The number of ether oxygens (including phenoxy) is 2. The van der Waals surface area contributed by atoms with Crippen molar-refractivity contribution in [2.75, 3.05) is 13.2 Å². The molecule has 8 heteroatoms. The van der Waals surface area contributed by atoms with E-state index >= 15 is 0 Å². The molecule has 4 heterocycles. The van der Waals surface area contributed by atoms with Gasteiger partial charge in [-0.25, -0.2) is 15.0 Å². The summed E-state index contributed by atoms with van der Waals surface area (Å²) in [5, 5.41) is 0. The van der Waals surface area contributed by atoms with Gasteiger partial charge in [-0.3, -0.25) is 9.78 Å². The lowest BCUT2D eigenvalue weighted by Crippen LogP contribution is -2.16. The van der Waals surface area contributed by atoms with E-state index in [-0.39, 0.29) is 17.5 Å². The lowest BCUT2D eigenvalue weighted by molar-refractivity contribution is 0.0839. The number of pyridine rings is 1. The van der Waals surface area contributed by atoms with Crippen LogP contribution in [0.5, 0.6) is 11.6 Å². The molecule has 1 aliphatic heterocycles. The van der Waals surface area contributed by atoms with Gasteiger partial charge in [0.05, 0.1) is 5.52 Å². The molecule has 1 N–H and O–H groups in total. The van der Waals surface area contributed by atoms with E-state index in [1.54, 1.807) is 48.9 Å². The van der Waals surface area contributed by atoms with Gasteiger partial charge in [0.25, 0.3) is 0 Å².